The molecule has 6 heteroatoms. The van der Waals surface area contributed by atoms with Crippen LogP contribution in [0.3, 0.4) is 0 Å². The molecule has 0 radical (unpaired) electrons. The second kappa shape index (κ2) is 3.90. The molecule has 0 atom stereocenters. The van der Waals surface area contributed by atoms with Crippen molar-refractivity contribution in [1.29, 1.82) is 5.26 Å². The van der Waals surface area contributed by atoms with Gasteiger partial charge in [-0.15, -0.1) is 0 Å². The average molecular weight is 218 g/mol. The van der Waals surface area contributed by atoms with Crippen molar-refractivity contribution in [2.24, 2.45) is 0 Å². The molecule has 0 spiro atoms. The summed E-state index contributed by atoms with van der Waals surface area (Å²) in [5.41, 5.74) is -0.188. The molecule has 2 aromatic rings. The SMILES string of the molecule is COc1ccc(-[n+]2[nH]oc(=O)c2C#N)cc1. The quantitative estimate of drug-likeness (QED) is 0.726. The van der Waals surface area contributed by atoms with Crippen molar-refractivity contribution in [2.75, 3.05) is 7.11 Å². The number of aromatic nitrogens is 2. The summed E-state index contributed by atoms with van der Waals surface area (Å²) >= 11 is 0. The number of aromatic amines is 1. The first-order chi connectivity index (χ1) is 7.76. The van der Waals surface area contributed by atoms with Crippen molar-refractivity contribution in [2.45, 2.75) is 0 Å². The number of ether oxygens (including phenoxy) is 1. The molecular formula is C10H8N3O3+. The van der Waals surface area contributed by atoms with Crippen molar-refractivity contribution in [3.63, 3.8) is 0 Å². The van der Waals surface area contributed by atoms with E-state index < -0.39 is 5.63 Å². The van der Waals surface area contributed by atoms with Gasteiger partial charge in [-0.25, -0.2) is 4.79 Å². The van der Waals surface area contributed by atoms with Gasteiger partial charge in [0.25, 0.3) is 0 Å². The van der Waals surface area contributed by atoms with Gasteiger partial charge >= 0.3 is 11.3 Å². The molecular weight excluding hydrogens is 210 g/mol. The standard InChI is InChI=1S/C10H7N3O3/c1-15-8-4-2-7(3-5-8)13-9(6-11)10(14)16-12-13/h2-5H,1H3/p+1. The van der Waals surface area contributed by atoms with E-state index in [1.807, 2.05) is 0 Å². The topological polar surface area (TPSA) is 82.9 Å². The van der Waals surface area contributed by atoms with Crippen LogP contribution >= 0.6 is 0 Å². The van der Waals surface area contributed by atoms with Gasteiger partial charge in [-0.05, 0) is 22.1 Å². The Hall–Kier alpha value is -2.55. The van der Waals surface area contributed by atoms with Crippen LogP contribution in [-0.2, 0) is 0 Å². The summed E-state index contributed by atoms with van der Waals surface area (Å²) in [6.45, 7) is 0. The second-order valence-electron chi connectivity index (χ2n) is 2.97. The van der Waals surface area contributed by atoms with Crippen molar-refractivity contribution < 1.29 is 13.9 Å². The Balaban J connectivity index is 2.51. The van der Waals surface area contributed by atoms with E-state index in [4.69, 9.17) is 10.00 Å². The van der Waals surface area contributed by atoms with E-state index in [0.717, 1.165) is 0 Å². The molecule has 0 saturated heterocycles. The highest BCUT2D eigenvalue weighted by atomic mass is 16.5. The third kappa shape index (κ3) is 1.54. The Labute approximate surface area is 90.2 Å². The highest BCUT2D eigenvalue weighted by Crippen LogP contribution is 2.10. The zero-order chi connectivity index (χ0) is 11.5. The van der Waals surface area contributed by atoms with Crippen LogP contribution in [0.4, 0.5) is 0 Å². The fourth-order valence-corrected chi connectivity index (χ4v) is 1.28. The van der Waals surface area contributed by atoms with Crippen molar-refractivity contribution in [3.05, 3.63) is 40.4 Å². The minimum Gasteiger partial charge on any atom is -0.497 e. The zero-order valence-electron chi connectivity index (χ0n) is 8.43. The van der Waals surface area contributed by atoms with Gasteiger partial charge in [0, 0.05) is 12.1 Å². The number of nitriles is 1. The van der Waals surface area contributed by atoms with E-state index in [1.165, 1.54) is 4.68 Å². The fourth-order valence-electron chi connectivity index (χ4n) is 1.28. The molecule has 0 aliphatic heterocycles. The van der Waals surface area contributed by atoms with Crippen LogP contribution in [0.1, 0.15) is 5.69 Å². The molecule has 0 bridgehead atoms. The number of nitrogens with zero attached hydrogens (tertiary/aromatic N) is 2. The van der Waals surface area contributed by atoms with E-state index in [2.05, 4.69) is 9.79 Å². The van der Waals surface area contributed by atoms with Gasteiger partial charge in [-0.1, -0.05) is 0 Å². The summed E-state index contributed by atoms with van der Waals surface area (Å²) in [7, 11) is 1.56. The van der Waals surface area contributed by atoms with E-state index in [1.54, 1.807) is 37.4 Å². The molecule has 1 aromatic carbocycles. The minimum absolute atomic E-state index is 0.106. The van der Waals surface area contributed by atoms with Crippen LogP contribution < -0.4 is 15.0 Å². The van der Waals surface area contributed by atoms with E-state index in [0.29, 0.717) is 11.4 Å². The van der Waals surface area contributed by atoms with Crippen LogP contribution in [0.5, 0.6) is 5.75 Å². The summed E-state index contributed by atoms with van der Waals surface area (Å²) in [5, 5.41) is 11.1. The van der Waals surface area contributed by atoms with Crippen LogP contribution in [0.2, 0.25) is 0 Å². The molecule has 0 unspecified atom stereocenters. The fraction of sp³-hybridized carbons (Fsp3) is 0.100. The van der Waals surface area contributed by atoms with Gasteiger partial charge in [-0.3, -0.25) is 4.52 Å². The predicted molar refractivity (Wildman–Crippen MR) is 52.1 cm³/mol. The average Bonchev–Trinajstić information content (AvgIpc) is 2.70. The van der Waals surface area contributed by atoms with Crippen LogP contribution in [-0.4, -0.2) is 12.4 Å². The third-order valence-electron chi connectivity index (χ3n) is 2.08. The smallest absolute Gasteiger partial charge is 0.446 e. The normalized spacial score (nSPS) is 9.75. The molecule has 1 heterocycles. The van der Waals surface area contributed by atoms with Crippen molar-refractivity contribution in [1.82, 2.24) is 5.27 Å². The van der Waals surface area contributed by atoms with E-state index in [-0.39, 0.29) is 5.69 Å². The number of H-pyrrole nitrogens is 1. The molecule has 0 aliphatic carbocycles. The van der Waals surface area contributed by atoms with E-state index >= 15 is 0 Å². The van der Waals surface area contributed by atoms with E-state index in [9.17, 15) is 4.79 Å². The van der Waals surface area contributed by atoms with Gasteiger partial charge in [0.2, 0.25) is 5.69 Å². The Morgan fingerprint density at radius 2 is 2.12 bits per heavy atom. The molecule has 1 N–H and O–H groups in total. The molecule has 80 valence electrons. The summed E-state index contributed by atoms with van der Waals surface area (Å²) in [4.78, 5) is 11.1. The lowest BCUT2D eigenvalue weighted by molar-refractivity contribution is -0.672. The number of hydrogen-bond donors (Lipinski definition) is 1. The molecule has 0 aliphatic rings. The maximum absolute atomic E-state index is 11.1. The Morgan fingerprint density at radius 3 is 2.69 bits per heavy atom. The zero-order valence-corrected chi connectivity index (χ0v) is 8.43. The predicted octanol–water partition coefficient (Wildman–Crippen LogP) is 0.125. The van der Waals surface area contributed by atoms with Crippen molar-refractivity contribution >= 4 is 0 Å². The third-order valence-corrected chi connectivity index (χ3v) is 2.08. The maximum atomic E-state index is 11.1. The summed E-state index contributed by atoms with van der Waals surface area (Å²) in [6.07, 6.45) is 0. The number of benzene rings is 1. The lowest BCUT2D eigenvalue weighted by Crippen LogP contribution is -2.37. The van der Waals surface area contributed by atoms with Gasteiger partial charge in [-0.2, -0.15) is 5.26 Å². The van der Waals surface area contributed by atoms with Crippen LogP contribution in [0.15, 0.2) is 33.6 Å². The lowest BCUT2D eigenvalue weighted by atomic mass is 10.3. The summed E-state index contributed by atoms with van der Waals surface area (Å²) in [5.74, 6) is 0.689. The van der Waals surface area contributed by atoms with Crippen molar-refractivity contribution in [3.8, 4) is 17.5 Å². The first-order valence-corrected chi connectivity index (χ1v) is 4.44. The summed E-state index contributed by atoms with van der Waals surface area (Å²) in [6, 6.07) is 8.60. The maximum Gasteiger partial charge on any atom is 0.446 e. The monoisotopic (exact) mass is 218 g/mol. The Bertz CT molecular complexity index is 589. The first-order valence-electron chi connectivity index (χ1n) is 4.44. The Morgan fingerprint density at radius 1 is 1.44 bits per heavy atom. The molecule has 0 saturated carbocycles. The van der Waals surface area contributed by atoms with Gasteiger partial charge in [0.1, 0.15) is 5.75 Å². The minimum atomic E-state index is -0.696. The first kappa shape index (κ1) is 9.98. The number of nitrogens with one attached hydrogen (secondary N) is 1. The van der Waals surface area contributed by atoms with Gasteiger partial charge in [0.05, 0.1) is 7.11 Å². The number of methoxy groups -OCH3 is 1. The summed E-state index contributed by atoms with van der Waals surface area (Å²) < 4.78 is 10.8. The highest BCUT2D eigenvalue weighted by Gasteiger charge is 2.22. The largest absolute Gasteiger partial charge is 0.497 e. The number of hydrogen-bond acceptors (Lipinski definition) is 4. The molecule has 1 aromatic heterocycles. The van der Waals surface area contributed by atoms with Gasteiger partial charge in [0.15, 0.2) is 6.07 Å². The lowest BCUT2D eigenvalue weighted by Gasteiger charge is -1.96. The highest BCUT2D eigenvalue weighted by molar-refractivity contribution is 5.31. The molecule has 2 rings (SSSR count). The Kier molecular flexibility index (Phi) is 2.44. The van der Waals surface area contributed by atoms with Crippen LogP contribution in [0, 0.1) is 11.3 Å². The molecule has 0 fully saturated rings. The van der Waals surface area contributed by atoms with Crippen LogP contribution in [0.25, 0.3) is 5.69 Å². The molecule has 0 amide bonds. The van der Waals surface area contributed by atoms with Gasteiger partial charge < -0.3 is 4.74 Å². The number of rotatable bonds is 2. The second-order valence-corrected chi connectivity index (χ2v) is 2.97. The molecule has 16 heavy (non-hydrogen) atoms. The molecule has 6 nitrogen and oxygen atoms in total.